The average Bonchev–Trinajstić information content (AvgIpc) is 2.21. The smallest absolute Gasteiger partial charge is 0.242 e. The van der Waals surface area contributed by atoms with Crippen LogP contribution in [-0.4, -0.2) is 33.4 Å². The molecule has 0 saturated carbocycles. The van der Waals surface area contributed by atoms with Crippen LogP contribution in [0.2, 0.25) is 0 Å². The third-order valence-corrected chi connectivity index (χ3v) is 4.17. The first-order valence-electron chi connectivity index (χ1n) is 5.16. The molecular formula is C11H18N2O2S. The number of sulfonamides is 1. The van der Waals surface area contributed by atoms with Crippen molar-refractivity contribution in [1.29, 1.82) is 0 Å². The fraction of sp³-hybridized carbons (Fsp3) is 0.455. The minimum Gasteiger partial charge on any atom is -0.385 e. The van der Waals surface area contributed by atoms with Gasteiger partial charge >= 0.3 is 0 Å². The van der Waals surface area contributed by atoms with Crippen LogP contribution in [0.1, 0.15) is 12.5 Å². The summed E-state index contributed by atoms with van der Waals surface area (Å²) in [7, 11) is -0.281. The predicted molar refractivity (Wildman–Crippen MR) is 66.2 cm³/mol. The Bertz CT molecular complexity index is 467. The molecule has 0 aliphatic rings. The highest BCUT2D eigenvalue weighted by atomic mass is 32.2. The van der Waals surface area contributed by atoms with Crippen molar-refractivity contribution >= 4 is 15.7 Å². The van der Waals surface area contributed by atoms with Crippen LogP contribution in [0.15, 0.2) is 23.1 Å². The van der Waals surface area contributed by atoms with E-state index in [0.29, 0.717) is 4.90 Å². The highest BCUT2D eigenvalue weighted by molar-refractivity contribution is 7.89. The number of aryl methyl sites for hydroxylation is 1. The molecular weight excluding hydrogens is 224 g/mol. The Morgan fingerprint density at radius 3 is 2.44 bits per heavy atom. The molecule has 1 aromatic carbocycles. The topological polar surface area (TPSA) is 49.4 Å². The third kappa shape index (κ3) is 2.54. The lowest BCUT2D eigenvalue weighted by molar-refractivity contribution is 0.521. The monoisotopic (exact) mass is 242 g/mol. The third-order valence-electron chi connectivity index (χ3n) is 2.35. The summed E-state index contributed by atoms with van der Waals surface area (Å²) < 4.78 is 25.0. The molecule has 1 N–H and O–H groups in total. The first kappa shape index (κ1) is 13.0. The molecule has 0 amide bonds. The van der Waals surface area contributed by atoms with Crippen LogP contribution in [0, 0.1) is 6.92 Å². The largest absolute Gasteiger partial charge is 0.385 e. The van der Waals surface area contributed by atoms with Crippen molar-refractivity contribution in [3.8, 4) is 0 Å². The molecule has 0 heterocycles. The van der Waals surface area contributed by atoms with Crippen LogP contribution in [-0.2, 0) is 10.0 Å². The number of hydrogen-bond donors (Lipinski definition) is 1. The molecule has 0 aromatic heterocycles. The van der Waals surface area contributed by atoms with E-state index in [1.165, 1.54) is 18.4 Å². The average molecular weight is 242 g/mol. The van der Waals surface area contributed by atoms with Crippen molar-refractivity contribution in [3.05, 3.63) is 23.8 Å². The number of nitrogens with one attached hydrogen (secondary N) is 1. The van der Waals surface area contributed by atoms with Gasteiger partial charge in [-0.1, -0.05) is 6.07 Å². The lowest BCUT2D eigenvalue weighted by Gasteiger charge is -2.14. The molecule has 0 unspecified atom stereocenters. The lowest BCUT2D eigenvalue weighted by atomic mass is 10.2. The molecule has 4 nitrogen and oxygen atoms in total. The van der Waals surface area contributed by atoms with Crippen molar-refractivity contribution in [3.63, 3.8) is 0 Å². The molecule has 1 rings (SSSR count). The van der Waals surface area contributed by atoms with E-state index in [1.807, 2.05) is 19.9 Å². The van der Waals surface area contributed by atoms with Gasteiger partial charge in [0, 0.05) is 26.3 Å². The Hall–Kier alpha value is -1.07. The van der Waals surface area contributed by atoms with Crippen LogP contribution in [0.25, 0.3) is 0 Å². The molecule has 1 aromatic rings. The fourth-order valence-electron chi connectivity index (χ4n) is 1.35. The zero-order chi connectivity index (χ0) is 12.3. The predicted octanol–water partition coefficient (Wildman–Crippen LogP) is 1.68. The molecule has 0 atom stereocenters. The normalized spacial score (nSPS) is 11.8. The van der Waals surface area contributed by atoms with Gasteiger partial charge in [-0.25, -0.2) is 12.7 Å². The van der Waals surface area contributed by atoms with Gasteiger partial charge in [0.25, 0.3) is 0 Å². The van der Waals surface area contributed by atoms with Crippen LogP contribution in [0.5, 0.6) is 0 Å². The Morgan fingerprint density at radius 2 is 1.94 bits per heavy atom. The summed E-state index contributed by atoms with van der Waals surface area (Å²) in [5, 5.41) is 3.14. The van der Waals surface area contributed by atoms with Gasteiger partial charge in [0.1, 0.15) is 0 Å². The number of anilines is 1. The molecule has 0 aliphatic carbocycles. The second-order valence-corrected chi connectivity index (χ2v) is 5.95. The number of nitrogens with zero attached hydrogens (tertiary/aromatic N) is 1. The zero-order valence-electron chi connectivity index (χ0n) is 10.1. The summed E-state index contributed by atoms with van der Waals surface area (Å²) in [5.41, 5.74) is 1.91. The highest BCUT2D eigenvalue weighted by Crippen LogP contribution is 2.21. The second-order valence-electron chi connectivity index (χ2n) is 3.79. The van der Waals surface area contributed by atoms with E-state index in [0.717, 1.165) is 17.8 Å². The SMILES string of the molecule is CCNc1cc(S(=O)(=O)N(C)C)ccc1C. The quantitative estimate of drug-likeness (QED) is 0.874. The summed E-state index contributed by atoms with van der Waals surface area (Å²) in [4.78, 5) is 0.319. The second kappa shape index (κ2) is 4.84. The van der Waals surface area contributed by atoms with Gasteiger partial charge in [-0.05, 0) is 31.5 Å². The Balaban J connectivity index is 3.23. The van der Waals surface area contributed by atoms with Crippen molar-refractivity contribution in [2.24, 2.45) is 0 Å². The first-order chi connectivity index (χ1) is 7.39. The Morgan fingerprint density at radius 1 is 1.31 bits per heavy atom. The van der Waals surface area contributed by atoms with E-state index in [9.17, 15) is 8.42 Å². The van der Waals surface area contributed by atoms with Gasteiger partial charge in [-0.2, -0.15) is 0 Å². The molecule has 0 saturated heterocycles. The molecule has 5 heteroatoms. The summed E-state index contributed by atoms with van der Waals surface area (Å²) in [6.07, 6.45) is 0. The number of hydrogen-bond acceptors (Lipinski definition) is 3. The minimum absolute atomic E-state index is 0.319. The van der Waals surface area contributed by atoms with Crippen molar-refractivity contribution in [1.82, 2.24) is 4.31 Å². The maximum Gasteiger partial charge on any atom is 0.242 e. The number of rotatable bonds is 4. The van der Waals surface area contributed by atoms with Gasteiger partial charge in [0.15, 0.2) is 0 Å². The van der Waals surface area contributed by atoms with E-state index < -0.39 is 10.0 Å². The van der Waals surface area contributed by atoms with Gasteiger partial charge in [-0.15, -0.1) is 0 Å². The molecule has 0 radical (unpaired) electrons. The zero-order valence-corrected chi connectivity index (χ0v) is 10.9. The number of benzene rings is 1. The van der Waals surface area contributed by atoms with Crippen molar-refractivity contribution in [2.75, 3.05) is 26.0 Å². The molecule has 16 heavy (non-hydrogen) atoms. The van der Waals surface area contributed by atoms with Gasteiger partial charge in [0.05, 0.1) is 4.90 Å². The minimum atomic E-state index is -3.34. The van der Waals surface area contributed by atoms with Crippen LogP contribution in [0.4, 0.5) is 5.69 Å². The van der Waals surface area contributed by atoms with E-state index in [1.54, 1.807) is 12.1 Å². The molecule has 0 aliphatic heterocycles. The van der Waals surface area contributed by atoms with E-state index in [4.69, 9.17) is 0 Å². The van der Waals surface area contributed by atoms with Crippen molar-refractivity contribution < 1.29 is 8.42 Å². The van der Waals surface area contributed by atoms with Gasteiger partial charge < -0.3 is 5.32 Å². The first-order valence-corrected chi connectivity index (χ1v) is 6.60. The molecule has 0 spiro atoms. The van der Waals surface area contributed by atoms with E-state index in [-0.39, 0.29) is 0 Å². The van der Waals surface area contributed by atoms with E-state index >= 15 is 0 Å². The highest BCUT2D eigenvalue weighted by Gasteiger charge is 2.17. The summed E-state index contributed by atoms with van der Waals surface area (Å²) >= 11 is 0. The fourth-order valence-corrected chi connectivity index (χ4v) is 2.28. The standard InChI is InChI=1S/C11H18N2O2S/c1-5-12-11-8-10(7-6-9(11)2)16(14,15)13(3)4/h6-8,12H,5H2,1-4H3. The molecule has 90 valence electrons. The van der Waals surface area contributed by atoms with Gasteiger partial charge in [0.2, 0.25) is 10.0 Å². The maximum atomic E-state index is 11.9. The summed E-state index contributed by atoms with van der Waals surface area (Å²) in [6.45, 7) is 4.70. The molecule has 0 bridgehead atoms. The van der Waals surface area contributed by atoms with E-state index in [2.05, 4.69) is 5.32 Å². The lowest BCUT2D eigenvalue weighted by Crippen LogP contribution is -2.22. The van der Waals surface area contributed by atoms with Crippen LogP contribution >= 0.6 is 0 Å². The van der Waals surface area contributed by atoms with Crippen LogP contribution in [0.3, 0.4) is 0 Å². The Labute approximate surface area is 97.3 Å². The Kier molecular flexibility index (Phi) is 3.93. The van der Waals surface area contributed by atoms with Crippen molar-refractivity contribution in [2.45, 2.75) is 18.7 Å². The van der Waals surface area contributed by atoms with Gasteiger partial charge in [-0.3, -0.25) is 0 Å². The maximum absolute atomic E-state index is 11.9. The molecule has 0 fully saturated rings. The summed E-state index contributed by atoms with van der Waals surface area (Å²) in [6, 6.07) is 5.12. The van der Waals surface area contributed by atoms with Crippen LogP contribution < -0.4 is 5.32 Å². The summed E-state index contributed by atoms with van der Waals surface area (Å²) in [5.74, 6) is 0.